The van der Waals surface area contributed by atoms with Crippen molar-refractivity contribution in [1.29, 1.82) is 0 Å². The normalized spacial score (nSPS) is 10.1. The van der Waals surface area contributed by atoms with Gasteiger partial charge in [-0.1, -0.05) is 6.92 Å². The first-order valence-electron chi connectivity index (χ1n) is 6.23. The van der Waals surface area contributed by atoms with Gasteiger partial charge in [0.2, 0.25) is 0 Å². The van der Waals surface area contributed by atoms with E-state index in [4.69, 9.17) is 4.74 Å². The molecule has 0 saturated heterocycles. The maximum Gasteiger partial charge on any atom is 0.325 e. The number of hydrogen-bond donors (Lipinski definition) is 0. The number of aryl methyl sites for hydroxylation is 2. The van der Waals surface area contributed by atoms with Gasteiger partial charge < -0.3 is 9.64 Å². The van der Waals surface area contributed by atoms with Gasteiger partial charge in [0.25, 0.3) is 5.91 Å². The van der Waals surface area contributed by atoms with E-state index < -0.39 is 5.97 Å². The lowest BCUT2D eigenvalue weighted by atomic mass is 10.1. The maximum absolute atomic E-state index is 12.3. The Balaban J connectivity index is 2.87. The van der Waals surface area contributed by atoms with E-state index in [0.717, 1.165) is 0 Å². The molecule has 0 aliphatic carbocycles. The van der Waals surface area contributed by atoms with Gasteiger partial charge in [0, 0.05) is 7.05 Å². The number of ether oxygens (including phenoxy) is 1. The van der Waals surface area contributed by atoms with Crippen molar-refractivity contribution in [1.82, 2.24) is 15.1 Å². The molecule has 104 valence electrons. The molecule has 0 atom stereocenters. The van der Waals surface area contributed by atoms with Crippen LogP contribution in [-0.2, 0) is 16.0 Å². The molecule has 1 amide bonds. The first-order chi connectivity index (χ1) is 8.99. The number of carbonyl (C=O) groups excluding carboxylic acids is 2. The monoisotopic (exact) mass is 265 g/mol. The number of amides is 1. The van der Waals surface area contributed by atoms with E-state index in [0.29, 0.717) is 30.0 Å². The fraction of sp³-hybridized carbons (Fsp3) is 0.538. The molecule has 0 aliphatic rings. The molecule has 6 nitrogen and oxygen atoms in total. The number of rotatable bonds is 5. The summed E-state index contributed by atoms with van der Waals surface area (Å²) in [6, 6.07) is 1.69. The second-order valence-corrected chi connectivity index (χ2v) is 4.17. The van der Waals surface area contributed by atoms with Gasteiger partial charge in [-0.2, -0.15) is 10.2 Å². The summed E-state index contributed by atoms with van der Waals surface area (Å²) in [5.41, 5.74) is 1.79. The maximum atomic E-state index is 12.3. The number of likely N-dealkylation sites (N-methyl/N-ethyl adjacent to an activating group) is 1. The first kappa shape index (κ1) is 15.1. The summed E-state index contributed by atoms with van der Waals surface area (Å²) in [6.45, 7) is 5.63. The van der Waals surface area contributed by atoms with Gasteiger partial charge in [-0.25, -0.2) is 0 Å². The number of nitrogens with zero attached hydrogens (tertiary/aromatic N) is 3. The summed E-state index contributed by atoms with van der Waals surface area (Å²) in [5, 5.41) is 7.93. The van der Waals surface area contributed by atoms with Gasteiger partial charge in [-0.15, -0.1) is 0 Å². The Kier molecular flexibility index (Phi) is 5.41. The fourth-order valence-corrected chi connectivity index (χ4v) is 1.64. The molecular formula is C13H19N3O3. The molecule has 0 fully saturated rings. The molecule has 0 aliphatic heterocycles. The number of aromatic nitrogens is 2. The van der Waals surface area contributed by atoms with Crippen LogP contribution in [0.4, 0.5) is 0 Å². The van der Waals surface area contributed by atoms with Gasteiger partial charge in [0.1, 0.15) is 6.54 Å². The van der Waals surface area contributed by atoms with Crippen LogP contribution in [0, 0.1) is 6.92 Å². The van der Waals surface area contributed by atoms with E-state index in [1.165, 1.54) is 4.90 Å². The highest BCUT2D eigenvalue weighted by molar-refractivity contribution is 5.96. The Labute approximate surface area is 112 Å². The lowest BCUT2D eigenvalue weighted by Crippen LogP contribution is -2.34. The lowest BCUT2D eigenvalue weighted by Gasteiger charge is -2.17. The van der Waals surface area contributed by atoms with E-state index >= 15 is 0 Å². The molecule has 1 aromatic rings. The summed E-state index contributed by atoms with van der Waals surface area (Å²) in [5.74, 6) is -0.668. The quantitative estimate of drug-likeness (QED) is 0.742. The van der Waals surface area contributed by atoms with Crippen molar-refractivity contribution in [3.8, 4) is 0 Å². The largest absolute Gasteiger partial charge is 0.465 e. The van der Waals surface area contributed by atoms with Crippen molar-refractivity contribution >= 4 is 11.9 Å². The molecule has 6 heteroatoms. The SMILES string of the molecule is CCOC(=O)CN(C)C(=O)c1cc(C)nnc1CC. The van der Waals surface area contributed by atoms with Crippen LogP contribution < -0.4 is 0 Å². The third kappa shape index (κ3) is 4.01. The molecule has 0 unspecified atom stereocenters. The third-order valence-electron chi connectivity index (χ3n) is 2.58. The van der Waals surface area contributed by atoms with Crippen LogP contribution in [-0.4, -0.2) is 47.2 Å². The molecular weight excluding hydrogens is 246 g/mol. The number of esters is 1. The van der Waals surface area contributed by atoms with E-state index in [2.05, 4.69) is 10.2 Å². The first-order valence-corrected chi connectivity index (χ1v) is 6.23. The molecule has 1 rings (SSSR count). The average Bonchev–Trinajstić information content (AvgIpc) is 2.37. The van der Waals surface area contributed by atoms with Gasteiger partial charge >= 0.3 is 5.97 Å². The Morgan fingerprint density at radius 2 is 2.00 bits per heavy atom. The Hall–Kier alpha value is -1.98. The lowest BCUT2D eigenvalue weighted by molar-refractivity contribution is -0.143. The topological polar surface area (TPSA) is 72.4 Å². The average molecular weight is 265 g/mol. The molecule has 0 bridgehead atoms. The zero-order chi connectivity index (χ0) is 14.4. The number of hydrogen-bond acceptors (Lipinski definition) is 5. The standard InChI is InChI=1S/C13H19N3O3/c1-5-11-10(7-9(3)14-15-11)13(18)16(4)8-12(17)19-6-2/h7H,5-6,8H2,1-4H3. The highest BCUT2D eigenvalue weighted by Crippen LogP contribution is 2.10. The van der Waals surface area contributed by atoms with E-state index in [1.54, 1.807) is 27.0 Å². The van der Waals surface area contributed by atoms with Crippen LogP contribution in [0.3, 0.4) is 0 Å². The molecule has 0 N–H and O–H groups in total. The molecule has 0 spiro atoms. The van der Waals surface area contributed by atoms with Crippen LogP contribution in [0.1, 0.15) is 35.6 Å². The van der Waals surface area contributed by atoms with Crippen molar-refractivity contribution in [2.24, 2.45) is 0 Å². The van der Waals surface area contributed by atoms with E-state index in [9.17, 15) is 9.59 Å². The number of carbonyl (C=O) groups is 2. The highest BCUT2D eigenvalue weighted by atomic mass is 16.5. The Bertz CT molecular complexity index is 474. The zero-order valence-electron chi connectivity index (χ0n) is 11.8. The van der Waals surface area contributed by atoms with E-state index in [1.807, 2.05) is 6.92 Å². The van der Waals surface area contributed by atoms with Crippen molar-refractivity contribution in [3.05, 3.63) is 23.0 Å². The van der Waals surface area contributed by atoms with Crippen molar-refractivity contribution < 1.29 is 14.3 Å². The van der Waals surface area contributed by atoms with Crippen LogP contribution in [0.2, 0.25) is 0 Å². The highest BCUT2D eigenvalue weighted by Gasteiger charge is 2.19. The van der Waals surface area contributed by atoms with Crippen LogP contribution in [0.25, 0.3) is 0 Å². The second-order valence-electron chi connectivity index (χ2n) is 4.17. The van der Waals surface area contributed by atoms with Gasteiger partial charge in [0.15, 0.2) is 0 Å². The predicted octanol–water partition coefficient (Wildman–Crippen LogP) is 0.983. The fourth-order valence-electron chi connectivity index (χ4n) is 1.64. The molecule has 0 saturated carbocycles. The van der Waals surface area contributed by atoms with E-state index in [-0.39, 0.29) is 12.5 Å². The van der Waals surface area contributed by atoms with Gasteiger partial charge in [-0.05, 0) is 26.3 Å². The minimum Gasteiger partial charge on any atom is -0.465 e. The van der Waals surface area contributed by atoms with Crippen molar-refractivity contribution in [2.45, 2.75) is 27.2 Å². The van der Waals surface area contributed by atoms with Crippen molar-refractivity contribution in [3.63, 3.8) is 0 Å². The predicted molar refractivity (Wildman–Crippen MR) is 69.7 cm³/mol. The van der Waals surface area contributed by atoms with Crippen molar-refractivity contribution in [2.75, 3.05) is 20.2 Å². The van der Waals surface area contributed by atoms with Crippen LogP contribution >= 0.6 is 0 Å². The molecule has 0 aromatic carbocycles. The molecule has 1 aromatic heterocycles. The minimum atomic E-state index is -0.421. The molecule has 19 heavy (non-hydrogen) atoms. The summed E-state index contributed by atoms with van der Waals surface area (Å²) in [4.78, 5) is 25.0. The minimum absolute atomic E-state index is 0.0722. The second kappa shape index (κ2) is 6.82. The Morgan fingerprint density at radius 3 is 2.58 bits per heavy atom. The van der Waals surface area contributed by atoms with Crippen LogP contribution in [0.5, 0.6) is 0 Å². The smallest absolute Gasteiger partial charge is 0.325 e. The summed E-state index contributed by atoms with van der Waals surface area (Å²) in [6.07, 6.45) is 0.613. The summed E-state index contributed by atoms with van der Waals surface area (Å²) in [7, 11) is 1.56. The van der Waals surface area contributed by atoms with Crippen LogP contribution in [0.15, 0.2) is 6.07 Å². The zero-order valence-corrected chi connectivity index (χ0v) is 11.8. The summed E-state index contributed by atoms with van der Waals surface area (Å²) < 4.78 is 4.82. The van der Waals surface area contributed by atoms with Gasteiger partial charge in [0.05, 0.1) is 23.6 Å². The van der Waals surface area contributed by atoms with Gasteiger partial charge in [-0.3, -0.25) is 9.59 Å². The molecule has 1 heterocycles. The summed E-state index contributed by atoms with van der Waals surface area (Å²) >= 11 is 0. The molecule has 0 radical (unpaired) electrons. The Morgan fingerprint density at radius 1 is 1.32 bits per heavy atom. The third-order valence-corrected chi connectivity index (χ3v) is 2.58.